The van der Waals surface area contributed by atoms with E-state index in [1.165, 1.54) is 6.21 Å². The summed E-state index contributed by atoms with van der Waals surface area (Å²) in [7, 11) is 0. The number of aliphatic imine (C=N–C) groups is 1. The van der Waals surface area contributed by atoms with Gasteiger partial charge in [-0.3, -0.25) is 9.79 Å². The molecule has 0 bridgehead atoms. The highest BCUT2D eigenvalue weighted by Gasteiger charge is 2.22. The Morgan fingerprint density at radius 1 is 1.29 bits per heavy atom. The van der Waals surface area contributed by atoms with Gasteiger partial charge in [-0.25, -0.2) is 4.79 Å². The largest absolute Gasteiger partial charge is 0.445 e. The average molecular weight is 332 g/mol. The molecule has 0 atom stereocenters. The highest BCUT2D eigenvalue weighted by atomic mass is 16.5. The second-order valence-corrected chi connectivity index (χ2v) is 5.66. The van der Waals surface area contributed by atoms with Gasteiger partial charge in [0.2, 0.25) is 0 Å². The van der Waals surface area contributed by atoms with Gasteiger partial charge in [0.25, 0.3) is 0 Å². The minimum atomic E-state index is -0.399. The van der Waals surface area contributed by atoms with Crippen molar-refractivity contribution in [1.29, 1.82) is 0 Å². The lowest BCUT2D eigenvalue weighted by Gasteiger charge is -2.26. The number of alkyl carbamates (subject to hydrolysis) is 1. The smallest absolute Gasteiger partial charge is 0.407 e. The van der Waals surface area contributed by atoms with Crippen LogP contribution in [0.3, 0.4) is 0 Å². The Bertz CT molecular complexity index is 599. The summed E-state index contributed by atoms with van der Waals surface area (Å²) in [5.74, 6) is 5.05. The molecule has 130 valence electrons. The number of rotatable bonds is 6. The van der Waals surface area contributed by atoms with E-state index in [-0.39, 0.29) is 25.8 Å². The van der Waals surface area contributed by atoms with Crippen molar-refractivity contribution in [1.82, 2.24) is 5.32 Å². The summed E-state index contributed by atoms with van der Waals surface area (Å²) in [6, 6.07) is 9.77. The quantitative estimate of drug-likeness (QED) is 0.360. The van der Waals surface area contributed by atoms with Gasteiger partial charge in [0.1, 0.15) is 12.3 Å². The number of aldehydes is 1. The molecule has 0 unspecified atom stereocenters. The Kier molecular flexibility index (Phi) is 6.94. The predicted octanol–water partition coefficient (Wildman–Crippen LogP) is 2.05. The van der Waals surface area contributed by atoms with Gasteiger partial charge in [0.05, 0.1) is 12.3 Å². The van der Waals surface area contributed by atoms with Crippen LogP contribution >= 0.6 is 0 Å². The van der Waals surface area contributed by atoms with Crippen LogP contribution in [0.25, 0.3) is 0 Å². The van der Waals surface area contributed by atoms with Crippen LogP contribution in [-0.2, 0) is 16.1 Å². The number of nitrogens with zero attached hydrogens (tertiary/aromatic N) is 2. The molecule has 0 spiro atoms. The number of nitrogens with two attached hydrogens (primary N) is 1. The molecule has 1 saturated carbocycles. The third kappa shape index (κ3) is 5.83. The van der Waals surface area contributed by atoms with Crippen LogP contribution in [0.1, 0.15) is 32.7 Å². The van der Waals surface area contributed by atoms with Crippen molar-refractivity contribution in [3.8, 4) is 0 Å². The van der Waals surface area contributed by atoms with Gasteiger partial charge in [-0.2, -0.15) is 5.10 Å². The lowest BCUT2D eigenvalue weighted by molar-refractivity contribution is -0.102. The topological polar surface area (TPSA) is 106 Å². The van der Waals surface area contributed by atoms with Crippen molar-refractivity contribution < 1.29 is 15.8 Å². The van der Waals surface area contributed by atoms with Crippen LogP contribution in [-0.4, -0.2) is 36.4 Å². The maximum atomic E-state index is 11.8. The third-order valence-electron chi connectivity index (χ3n) is 3.92. The van der Waals surface area contributed by atoms with E-state index in [4.69, 9.17) is 10.6 Å². The van der Waals surface area contributed by atoms with Crippen LogP contribution in [0, 0.1) is 0 Å². The Morgan fingerprint density at radius 2 is 2.00 bits per heavy atom. The molecule has 0 aromatic heterocycles. The van der Waals surface area contributed by atoms with Gasteiger partial charge in [-0.05, 0) is 31.2 Å². The van der Waals surface area contributed by atoms with Crippen LogP contribution in [0.15, 0.2) is 40.4 Å². The fourth-order valence-electron chi connectivity index (χ4n) is 2.58. The van der Waals surface area contributed by atoms with Crippen LogP contribution in [0.5, 0.6) is 0 Å². The second-order valence-electron chi connectivity index (χ2n) is 5.66. The first-order valence-electron chi connectivity index (χ1n) is 7.94. The summed E-state index contributed by atoms with van der Waals surface area (Å²) in [4.78, 5) is 26.7. The molecule has 7 heteroatoms. The van der Waals surface area contributed by atoms with Crippen molar-refractivity contribution in [2.75, 3.05) is 0 Å². The van der Waals surface area contributed by atoms with Gasteiger partial charge < -0.3 is 15.9 Å². The highest BCUT2D eigenvalue weighted by molar-refractivity contribution is 6.54. The van der Waals surface area contributed by atoms with Gasteiger partial charge in [-0.15, -0.1) is 0 Å². The molecule has 3 N–H and O–H groups in total. The second kappa shape index (κ2) is 9.44. The first kappa shape index (κ1) is 17.7. The first-order valence-corrected chi connectivity index (χ1v) is 7.94. The lowest BCUT2D eigenvalue weighted by atomic mass is 9.91. The maximum absolute atomic E-state index is 11.8. The zero-order chi connectivity index (χ0) is 17.2. The zero-order valence-electron chi connectivity index (χ0n) is 13.4. The van der Waals surface area contributed by atoms with Crippen molar-refractivity contribution in [3.05, 3.63) is 35.9 Å². The van der Waals surface area contributed by atoms with Gasteiger partial charge in [-0.1, -0.05) is 30.3 Å². The number of carbonyl (C=O) groups excluding carboxylic acids is 2. The fraction of sp³-hybridized carbons (Fsp3) is 0.412. The van der Waals surface area contributed by atoms with Crippen molar-refractivity contribution in [2.24, 2.45) is 15.9 Å². The van der Waals surface area contributed by atoms with Crippen molar-refractivity contribution in [3.63, 3.8) is 0 Å². The van der Waals surface area contributed by atoms with Crippen molar-refractivity contribution in [2.45, 2.75) is 44.4 Å². The zero-order valence-corrected chi connectivity index (χ0v) is 13.4. The Balaban J connectivity index is 0.00000312. The summed E-state index contributed by atoms with van der Waals surface area (Å²) in [5, 5.41) is 6.20. The molecule has 7 nitrogen and oxygen atoms in total. The summed E-state index contributed by atoms with van der Waals surface area (Å²) < 4.78 is 5.22. The normalized spacial score (nSPS) is 21.4. The minimum absolute atomic E-state index is 0. The number of hydrazone groups is 1. The number of amides is 1. The summed E-state index contributed by atoms with van der Waals surface area (Å²) in [6.07, 6.45) is 4.87. The van der Waals surface area contributed by atoms with Crippen molar-refractivity contribution >= 4 is 24.3 Å². The summed E-state index contributed by atoms with van der Waals surface area (Å²) in [5.41, 5.74) is 1.08. The summed E-state index contributed by atoms with van der Waals surface area (Å²) >= 11 is 0. The highest BCUT2D eigenvalue weighted by Crippen LogP contribution is 2.21. The molecular formula is C17H24N4O3. The van der Waals surface area contributed by atoms with E-state index < -0.39 is 6.09 Å². The molecule has 2 rings (SSSR count). The predicted molar refractivity (Wildman–Crippen MR) is 94.1 cm³/mol. The number of benzene rings is 1. The molecule has 1 aromatic carbocycles. The molecule has 1 amide bonds. The van der Waals surface area contributed by atoms with E-state index in [2.05, 4.69) is 15.4 Å². The van der Waals surface area contributed by atoms with Crippen LogP contribution in [0.2, 0.25) is 0 Å². The van der Waals surface area contributed by atoms with Gasteiger partial charge >= 0.3 is 6.09 Å². The third-order valence-corrected chi connectivity index (χ3v) is 3.92. The van der Waals surface area contributed by atoms with Crippen LogP contribution in [0.4, 0.5) is 4.79 Å². The van der Waals surface area contributed by atoms with Crippen LogP contribution < -0.4 is 11.2 Å². The number of nitrogens with one attached hydrogen (secondary N) is 1. The van der Waals surface area contributed by atoms with Gasteiger partial charge in [0.15, 0.2) is 6.29 Å². The molecule has 0 radical (unpaired) electrons. The summed E-state index contributed by atoms with van der Waals surface area (Å²) in [6.45, 7) is 0.263. The molecule has 0 heterocycles. The van der Waals surface area contributed by atoms with E-state index in [1.807, 2.05) is 30.3 Å². The Hall–Kier alpha value is -2.70. The molecular weight excluding hydrogens is 308 g/mol. The maximum Gasteiger partial charge on any atom is 0.407 e. The molecule has 0 saturated heterocycles. The monoisotopic (exact) mass is 332 g/mol. The Morgan fingerprint density at radius 3 is 2.62 bits per heavy atom. The minimum Gasteiger partial charge on any atom is -0.445 e. The molecule has 0 aliphatic heterocycles. The van der Waals surface area contributed by atoms with Gasteiger partial charge in [0, 0.05) is 7.47 Å². The number of carbonyl (C=O) groups is 2. The standard InChI is InChI=1S/C17H22N4O3.H2/c18-21-16(11-22)10-19-14-6-8-15(9-7-14)20-17(23)24-12-13-4-2-1-3-5-13;/h1-5,10-11,14-15H,6-9,12,18H2,(H,20,23);1H/b19-10?,21-16+;. The number of hydrogen-bond donors (Lipinski definition) is 2. The number of ether oxygens (including phenoxy) is 1. The molecule has 1 aliphatic rings. The van der Waals surface area contributed by atoms with E-state index in [0.717, 1.165) is 31.2 Å². The lowest BCUT2D eigenvalue weighted by Crippen LogP contribution is -2.38. The molecule has 1 fully saturated rings. The average Bonchev–Trinajstić information content (AvgIpc) is 2.63. The van der Waals surface area contributed by atoms with E-state index in [0.29, 0.717) is 6.29 Å². The van der Waals surface area contributed by atoms with E-state index in [9.17, 15) is 9.59 Å². The number of hydrogen-bond acceptors (Lipinski definition) is 6. The fourth-order valence-corrected chi connectivity index (χ4v) is 2.58. The van der Waals surface area contributed by atoms with E-state index in [1.54, 1.807) is 0 Å². The molecule has 1 aliphatic carbocycles. The Labute approximate surface area is 142 Å². The SMILES string of the molecule is N/N=C(/C=O)C=NC1CCC(NC(=O)OCc2ccccc2)CC1.[HH]. The molecule has 1 aromatic rings. The van der Waals surface area contributed by atoms with E-state index >= 15 is 0 Å². The first-order chi connectivity index (χ1) is 11.7. The molecule has 24 heavy (non-hydrogen) atoms.